The van der Waals surface area contributed by atoms with Crippen molar-refractivity contribution in [1.29, 1.82) is 0 Å². The average Bonchev–Trinajstić information content (AvgIpc) is 3.07. The molecule has 1 aromatic carbocycles. The van der Waals surface area contributed by atoms with Gasteiger partial charge in [0, 0.05) is 37.8 Å². The van der Waals surface area contributed by atoms with E-state index in [9.17, 15) is 4.39 Å². The standard InChI is InChI=1S/C17H22FN3O/c1-12-9-20(2)17(19-12)13-7-8-21(10-13)11-14-15(18)5-4-6-16(14)22-3/h4-6,9,13H,7-8,10-11H2,1-3H3/t13-/m0/s1. The van der Waals surface area contributed by atoms with Crippen LogP contribution in [0.15, 0.2) is 24.4 Å². The summed E-state index contributed by atoms with van der Waals surface area (Å²) in [4.78, 5) is 6.90. The third-order valence-electron chi connectivity index (χ3n) is 4.35. The molecule has 0 radical (unpaired) electrons. The maximum Gasteiger partial charge on any atom is 0.131 e. The molecule has 0 amide bonds. The number of aryl methyl sites for hydroxylation is 2. The lowest BCUT2D eigenvalue weighted by Crippen LogP contribution is -2.21. The van der Waals surface area contributed by atoms with E-state index in [0.717, 1.165) is 31.0 Å². The van der Waals surface area contributed by atoms with Gasteiger partial charge in [-0.25, -0.2) is 9.37 Å². The fourth-order valence-corrected chi connectivity index (χ4v) is 3.31. The number of benzene rings is 1. The van der Waals surface area contributed by atoms with Crippen molar-refractivity contribution in [2.24, 2.45) is 7.05 Å². The van der Waals surface area contributed by atoms with Crippen LogP contribution in [0.25, 0.3) is 0 Å². The molecule has 2 heterocycles. The Hall–Kier alpha value is -1.88. The topological polar surface area (TPSA) is 30.3 Å². The highest BCUT2D eigenvalue weighted by Crippen LogP contribution is 2.30. The van der Waals surface area contributed by atoms with Crippen molar-refractivity contribution in [2.75, 3.05) is 20.2 Å². The van der Waals surface area contributed by atoms with E-state index in [-0.39, 0.29) is 5.82 Å². The molecule has 1 fully saturated rings. The number of rotatable bonds is 4. The molecule has 0 N–H and O–H groups in total. The average molecular weight is 303 g/mol. The number of nitrogens with zero attached hydrogens (tertiary/aromatic N) is 3. The van der Waals surface area contributed by atoms with Crippen molar-refractivity contribution in [3.05, 3.63) is 47.3 Å². The Labute approximate surface area is 130 Å². The second-order valence-corrected chi connectivity index (χ2v) is 5.99. The van der Waals surface area contributed by atoms with Crippen LogP contribution in [0, 0.1) is 12.7 Å². The molecule has 1 aliphatic rings. The number of imidazole rings is 1. The van der Waals surface area contributed by atoms with E-state index in [0.29, 0.717) is 23.8 Å². The van der Waals surface area contributed by atoms with E-state index in [1.54, 1.807) is 13.2 Å². The highest BCUT2D eigenvalue weighted by atomic mass is 19.1. The first kappa shape index (κ1) is 15.0. The van der Waals surface area contributed by atoms with Gasteiger partial charge in [0.2, 0.25) is 0 Å². The molecule has 5 heteroatoms. The Morgan fingerprint density at radius 3 is 2.91 bits per heavy atom. The first-order valence-corrected chi connectivity index (χ1v) is 7.62. The minimum absolute atomic E-state index is 0.198. The SMILES string of the molecule is COc1cccc(F)c1CN1CC[C@H](c2nc(C)cn2C)C1. The van der Waals surface area contributed by atoms with Gasteiger partial charge >= 0.3 is 0 Å². The maximum absolute atomic E-state index is 14.1. The van der Waals surface area contributed by atoms with Crippen LogP contribution in [-0.4, -0.2) is 34.7 Å². The summed E-state index contributed by atoms with van der Waals surface area (Å²) in [7, 11) is 3.62. The normalized spacial score (nSPS) is 18.8. The zero-order chi connectivity index (χ0) is 15.7. The number of aromatic nitrogens is 2. The van der Waals surface area contributed by atoms with E-state index < -0.39 is 0 Å². The van der Waals surface area contributed by atoms with Gasteiger partial charge in [0.05, 0.1) is 12.8 Å². The Kier molecular flexibility index (Phi) is 4.16. The van der Waals surface area contributed by atoms with Crippen LogP contribution in [0.3, 0.4) is 0 Å². The molecule has 118 valence electrons. The summed E-state index contributed by atoms with van der Waals surface area (Å²) in [5.41, 5.74) is 1.69. The molecule has 3 rings (SSSR count). The summed E-state index contributed by atoms with van der Waals surface area (Å²) < 4.78 is 21.4. The molecule has 0 saturated carbocycles. The van der Waals surface area contributed by atoms with Crippen LogP contribution in [0.4, 0.5) is 4.39 Å². The minimum atomic E-state index is -0.198. The number of methoxy groups -OCH3 is 1. The highest BCUT2D eigenvalue weighted by molar-refractivity contribution is 5.34. The molecule has 4 nitrogen and oxygen atoms in total. The summed E-state index contributed by atoms with van der Waals surface area (Å²) >= 11 is 0. The molecule has 0 aliphatic carbocycles. The summed E-state index contributed by atoms with van der Waals surface area (Å²) in [5, 5.41) is 0. The van der Waals surface area contributed by atoms with Crippen LogP contribution in [0.1, 0.15) is 29.4 Å². The maximum atomic E-state index is 14.1. The predicted octanol–water partition coefficient (Wildman–Crippen LogP) is 2.87. The Bertz CT molecular complexity index is 668. The van der Waals surface area contributed by atoms with Gasteiger partial charge < -0.3 is 9.30 Å². The van der Waals surface area contributed by atoms with Crippen molar-refractivity contribution in [2.45, 2.75) is 25.8 Å². The van der Waals surface area contributed by atoms with Crippen molar-refractivity contribution >= 4 is 0 Å². The van der Waals surface area contributed by atoms with Crippen molar-refractivity contribution in [3.63, 3.8) is 0 Å². The number of hydrogen-bond acceptors (Lipinski definition) is 3. The molecule has 2 aromatic rings. The summed E-state index contributed by atoms with van der Waals surface area (Å²) in [5.74, 6) is 1.96. The largest absolute Gasteiger partial charge is 0.496 e. The van der Waals surface area contributed by atoms with Gasteiger partial charge in [0.15, 0.2) is 0 Å². The van der Waals surface area contributed by atoms with E-state index in [4.69, 9.17) is 4.74 Å². The number of ether oxygens (including phenoxy) is 1. The van der Waals surface area contributed by atoms with Gasteiger partial charge in [-0.2, -0.15) is 0 Å². The number of likely N-dealkylation sites (tertiary alicyclic amines) is 1. The molecule has 1 saturated heterocycles. The van der Waals surface area contributed by atoms with E-state index in [1.807, 2.05) is 20.0 Å². The molecule has 0 spiro atoms. The fourth-order valence-electron chi connectivity index (χ4n) is 3.31. The van der Waals surface area contributed by atoms with Crippen LogP contribution >= 0.6 is 0 Å². The third kappa shape index (κ3) is 2.86. The molecule has 1 aromatic heterocycles. The molecule has 0 bridgehead atoms. The van der Waals surface area contributed by atoms with E-state index in [1.165, 1.54) is 6.07 Å². The summed E-state index contributed by atoms with van der Waals surface area (Å²) in [6.45, 7) is 4.45. The molecule has 0 unspecified atom stereocenters. The minimum Gasteiger partial charge on any atom is -0.496 e. The van der Waals surface area contributed by atoms with Crippen molar-refractivity contribution in [3.8, 4) is 5.75 Å². The third-order valence-corrected chi connectivity index (χ3v) is 4.35. The predicted molar refractivity (Wildman–Crippen MR) is 83.5 cm³/mol. The Morgan fingerprint density at radius 2 is 2.23 bits per heavy atom. The highest BCUT2D eigenvalue weighted by Gasteiger charge is 2.28. The van der Waals surface area contributed by atoms with Gasteiger partial charge in [0.25, 0.3) is 0 Å². The quantitative estimate of drug-likeness (QED) is 0.870. The summed E-state index contributed by atoms with van der Waals surface area (Å²) in [6, 6.07) is 4.99. The second-order valence-electron chi connectivity index (χ2n) is 5.99. The van der Waals surface area contributed by atoms with Gasteiger partial charge in [-0.15, -0.1) is 0 Å². The lowest BCUT2D eigenvalue weighted by molar-refractivity contribution is 0.309. The van der Waals surface area contributed by atoms with Gasteiger partial charge in [0.1, 0.15) is 17.4 Å². The van der Waals surface area contributed by atoms with Gasteiger partial charge in [-0.1, -0.05) is 6.07 Å². The zero-order valence-corrected chi connectivity index (χ0v) is 13.3. The van der Waals surface area contributed by atoms with Crippen molar-refractivity contribution < 1.29 is 9.13 Å². The lowest BCUT2D eigenvalue weighted by Gasteiger charge is -2.18. The van der Waals surface area contributed by atoms with Crippen LogP contribution in [-0.2, 0) is 13.6 Å². The molecule has 1 atom stereocenters. The van der Waals surface area contributed by atoms with Crippen molar-refractivity contribution in [1.82, 2.24) is 14.5 Å². The number of halogens is 1. The first-order chi connectivity index (χ1) is 10.6. The molecule has 1 aliphatic heterocycles. The summed E-state index contributed by atoms with van der Waals surface area (Å²) in [6.07, 6.45) is 3.11. The van der Waals surface area contributed by atoms with Gasteiger partial charge in [-0.05, 0) is 32.0 Å². The van der Waals surface area contributed by atoms with E-state index >= 15 is 0 Å². The van der Waals surface area contributed by atoms with E-state index in [2.05, 4.69) is 20.6 Å². The Morgan fingerprint density at radius 1 is 1.41 bits per heavy atom. The molecule has 22 heavy (non-hydrogen) atoms. The van der Waals surface area contributed by atoms with Crippen LogP contribution in [0.2, 0.25) is 0 Å². The first-order valence-electron chi connectivity index (χ1n) is 7.62. The fraction of sp³-hybridized carbons (Fsp3) is 0.471. The monoisotopic (exact) mass is 303 g/mol. The smallest absolute Gasteiger partial charge is 0.131 e. The molecular formula is C17H22FN3O. The lowest BCUT2D eigenvalue weighted by atomic mass is 10.1. The van der Waals surface area contributed by atoms with Crippen LogP contribution < -0.4 is 4.74 Å². The zero-order valence-electron chi connectivity index (χ0n) is 13.3. The second kappa shape index (κ2) is 6.08. The van der Waals surface area contributed by atoms with Gasteiger partial charge in [-0.3, -0.25) is 4.90 Å². The number of hydrogen-bond donors (Lipinski definition) is 0. The molecular weight excluding hydrogens is 281 g/mol. The van der Waals surface area contributed by atoms with Crippen LogP contribution in [0.5, 0.6) is 5.75 Å². The Balaban J connectivity index is 1.73.